The van der Waals surface area contributed by atoms with E-state index in [0.29, 0.717) is 13.1 Å². The molecule has 0 aromatic heterocycles. The van der Waals surface area contributed by atoms with Crippen LogP contribution in [0, 0.1) is 0 Å². The third kappa shape index (κ3) is 3.99. The van der Waals surface area contributed by atoms with Crippen LogP contribution in [0.4, 0.5) is 4.79 Å². The highest BCUT2D eigenvalue weighted by Crippen LogP contribution is 2.16. The molecule has 1 aliphatic rings. The van der Waals surface area contributed by atoms with Crippen molar-refractivity contribution in [2.45, 2.75) is 12.8 Å². The topological polar surface area (TPSA) is 49.4 Å². The number of thioether (sulfide) groups is 1. The van der Waals surface area contributed by atoms with E-state index < -0.39 is 0 Å². The fourth-order valence-corrected chi connectivity index (χ4v) is 2.79. The van der Waals surface area contributed by atoms with Crippen LogP contribution >= 0.6 is 11.8 Å². The molecule has 0 radical (unpaired) electrons. The van der Waals surface area contributed by atoms with Crippen LogP contribution in [0.1, 0.15) is 18.4 Å². The SMILES string of the molecule is C[C@H](CNC(=O)CN1CCSC1=O)c1ccccc1. The van der Waals surface area contributed by atoms with Gasteiger partial charge in [0.1, 0.15) is 6.54 Å². The number of nitrogens with zero attached hydrogens (tertiary/aromatic N) is 1. The summed E-state index contributed by atoms with van der Waals surface area (Å²) in [5, 5.41) is 2.89. The lowest BCUT2D eigenvalue weighted by atomic mass is 10.0. The summed E-state index contributed by atoms with van der Waals surface area (Å²) >= 11 is 1.28. The summed E-state index contributed by atoms with van der Waals surface area (Å²) in [5.41, 5.74) is 1.20. The fourth-order valence-electron chi connectivity index (χ4n) is 1.96. The molecular formula is C14H18N2O2S. The molecule has 1 fully saturated rings. The number of benzene rings is 1. The molecule has 2 rings (SSSR count). The minimum atomic E-state index is -0.0846. The normalized spacial score (nSPS) is 16.5. The molecule has 2 amide bonds. The van der Waals surface area contributed by atoms with Crippen molar-refractivity contribution in [2.24, 2.45) is 0 Å². The second kappa shape index (κ2) is 6.61. The van der Waals surface area contributed by atoms with Gasteiger partial charge in [-0.2, -0.15) is 0 Å². The first-order valence-corrected chi connectivity index (χ1v) is 7.38. The largest absolute Gasteiger partial charge is 0.354 e. The molecule has 4 nitrogen and oxygen atoms in total. The van der Waals surface area contributed by atoms with E-state index in [2.05, 4.69) is 24.4 Å². The summed E-state index contributed by atoms with van der Waals surface area (Å²) in [6.07, 6.45) is 0. The second-order valence-corrected chi connectivity index (χ2v) is 5.70. The summed E-state index contributed by atoms with van der Waals surface area (Å²) < 4.78 is 0. The number of hydrogen-bond acceptors (Lipinski definition) is 3. The molecule has 1 heterocycles. The van der Waals surface area contributed by atoms with Gasteiger partial charge in [-0.05, 0) is 11.5 Å². The highest BCUT2D eigenvalue weighted by atomic mass is 32.2. The van der Waals surface area contributed by atoms with Crippen LogP contribution < -0.4 is 5.32 Å². The Morgan fingerprint density at radius 2 is 2.16 bits per heavy atom. The van der Waals surface area contributed by atoms with Crippen LogP contribution in [0.2, 0.25) is 0 Å². The quantitative estimate of drug-likeness (QED) is 0.897. The van der Waals surface area contributed by atoms with Crippen molar-refractivity contribution in [3.8, 4) is 0 Å². The van der Waals surface area contributed by atoms with Crippen molar-refractivity contribution in [1.82, 2.24) is 10.2 Å². The van der Waals surface area contributed by atoms with Gasteiger partial charge in [0.05, 0.1) is 0 Å². The molecule has 1 aromatic rings. The van der Waals surface area contributed by atoms with Crippen LogP contribution in [0.25, 0.3) is 0 Å². The maximum atomic E-state index is 11.8. The second-order valence-electron chi connectivity index (χ2n) is 4.65. The average molecular weight is 278 g/mol. The van der Waals surface area contributed by atoms with Gasteiger partial charge in [0, 0.05) is 18.8 Å². The van der Waals surface area contributed by atoms with E-state index in [-0.39, 0.29) is 23.6 Å². The van der Waals surface area contributed by atoms with E-state index in [4.69, 9.17) is 0 Å². The van der Waals surface area contributed by atoms with E-state index in [0.717, 1.165) is 5.75 Å². The molecule has 102 valence electrons. The van der Waals surface area contributed by atoms with Crippen molar-refractivity contribution >= 4 is 22.9 Å². The van der Waals surface area contributed by atoms with E-state index >= 15 is 0 Å². The maximum absolute atomic E-state index is 11.8. The molecule has 5 heteroatoms. The van der Waals surface area contributed by atoms with Crippen LogP contribution in [0.15, 0.2) is 30.3 Å². The predicted molar refractivity (Wildman–Crippen MR) is 77.3 cm³/mol. The molecule has 0 bridgehead atoms. The smallest absolute Gasteiger partial charge is 0.282 e. The van der Waals surface area contributed by atoms with Gasteiger partial charge in [-0.25, -0.2) is 0 Å². The van der Waals surface area contributed by atoms with E-state index in [1.165, 1.54) is 17.3 Å². The first-order chi connectivity index (χ1) is 9.16. The lowest BCUT2D eigenvalue weighted by Crippen LogP contribution is -2.38. The molecule has 1 aliphatic heterocycles. The zero-order valence-electron chi connectivity index (χ0n) is 11.0. The zero-order valence-corrected chi connectivity index (χ0v) is 11.8. The lowest BCUT2D eigenvalue weighted by Gasteiger charge is -2.16. The van der Waals surface area contributed by atoms with Crippen LogP contribution in [0.5, 0.6) is 0 Å². The summed E-state index contributed by atoms with van der Waals surface area (Å²) in [5.74, 6) is 0.972. The summed E-state index contributed by atoms with van der Waals surface area (Å²) in [6, 6.07) is 10.1. The number of amides is 2. The molecule has 1 N–H and O–H groups in total. The Bertz CT molecular complexity index is 450. The highest BCUT2D eigenvalue weighted by molar-refractivity contribution is 8.13. The van der Waals surface area contributed by atoms with Gasteiger partial charge in [-0.1, -0.05) is 49.0 Å². The molecule has 0 aliphatic carbocycles. The van der Waals surface area contributed by atoms with E-state index in [1.54, 1.807) is 4.90 Å². The van der Waals surface area contributed by atoms with Crippen molar-refractivity contribution in [3.63, 3.8) is 0 Å². The number of hydrogen-bond donors (Lipinski definition) is 1. The Kier molecular flexibility index (Phi) is 4.85. The number of nitrogens with one attached hydrogen (secondary N) is 1. The molecule has 1 aromatic carbocycles. The zero-order chi connectivity index (χ0) is 13.7. The number of rotatable bonds is 5. The molecular weight excluding hydrogens is 260 g/mol. The van der Waals surface area contributed by atoms with E-state index in [9.17, 15) is 9.59 Å². The van der Waals surface area contributed by atoms with Gasteiger partial charge < -0.3 is 10.2 Å². The molecule has 19 heavy (non-hydrogen) atoms. The first-order valence-electron chi connectivity index (χ1n) is 6.40. The molecule has 1 saturated heterocycles. The first kappa shape index (κ1) is 13.9. The van der Waals surface area contributed by atoms with Crippen molar-refractivity contribution in [3.05, 3.63) is 35.9 Å². The number of carbonyl (C=O) groups excluding carboxylic acids is 2. The lowest BCUT2D eigenvalue weighted by molar-refractivity contribution is -0.121. The number of carbonyl (C=O) groups is 2. The molecule has 0 saturated carbocycles. The minimum Gasteiger partial charge on any atom is -0.354 e. The fraction of sp³-hybridized carbons (Fsp3) is 0.429. The van der Waals surface area contributed by atoms with Gasteiger partial charge >= 0.3 is 0 Å². The Balaban J connectivity index is 1.76. The third-order valence-electron chi connectivity index (χ3n) is 3.15. The van der Waals surface area contributed by atoms with E-state index in [1.807, 2.05) is 18.2 Å². The Labute approximate surface area is 117 Å². The van der Waals surface area contributed by atoms with Crippen molar-refractivity contribution in [2.75, 3.05) is 25.4 Å². The molecule has 0 unspecified atom stereocenters. The summed E-state index contributed by atoms with van der Waals surface area (Å²) in [4.78, 5) is 24.7. The third-order valence-corrected chi connectivity index (χ3v) is 4.05. The Hall–Kier alpha value is -1.49. The van der Waals surface area contributed by atoms with Gasteiger partial charge in [-0.15, -0.1) is 0 Å². The van der Waals surface area contributed by atoms with Crippen LogP contribution in [-0.4, -0.2) is 41.4 Å². The Morgan fingerprint density at radius 1 is 1.42 bits per heavy atom. The maximum Gasteiger partial charge on any atom is 0.282 e. The van der Waals surface area contributed by atoms with Crippen LogP contribution in [0.3, 0.4) is 0 Å². The average Bonchev–Trinajstić information content (AvgIpc) is 2.82. The molecule has 0 spiro atoms. The van der Waals surface area contributed by atoms with Gasteiger partial charge in [0.2, 0.25) is 5.91 Å². The van der Waals surface area contributed by atoms with Gasteiger partial charge in [0.15, 0.2) is 0 Å². The van der Waals surface area contributed by atoms with Gasteiger partial charge in [0.25, 0.3) is 5.24 Å². The predicted octanol–water partition coefficient (Wildman–Crippen LogP) is 2.08. The monoisotopic (exact) mass is 278 g/mol. The standard InChI is InChI=1S/C14H18N2O2S/c1-11(12-5-3-2-4-6-12)9-15-13(17)10-16-7-8-19-14(16)18/h2-6,11H,7-10H2,1H3,(H,15,17)/t11-/m1/s1. The van der Waals surface area contributed by atoms with Crippen molar-refractivity contribution < 1.29 is 9.59 Å². The van der Waals surface area contributed by atoms with Crippen molar-refractivity contribution in [1.29, 1.82) is 0 Å². The highest BCUT2D eigenvalue weighted by Gasteiger charge is 2.23. The molecule has 1 atom stereocenters. The van der Waals surface area contributed by atoms with Crippen LogP contribution in [-0.2, 0) is 4.79 Å². The summed E-state index contributed by atoms with van der Waals surface area (Å²) in [7, 11) is 0. The summed E-state index contributed by atoms with van der Waals surface area (Å²) in [6.45, 7) is 3.52. The minimum absolute atomic E-state index is 0.00579. The van der Waals surface area contributed by atoms with Gasteiger partial charge in [-0.3, -0.25) is 9.59 Å². The Morgan fingerprint density at radius 3 is 2.79 bits per heavy atom.